The third kappa shape index (κ3) is 2.86. The summed E-state index contributed by atoms with van der Waals surface area (Å²) in [6.45, 7) is 1.47. The zero-order valence-electron chi connectivity index (χ0n) is 18.3. The molecular formula is C27H20N2O4S. The van der Waals surface area contributed by atoms with Crippen LogP contribution in [0.5, 0.6) is 0 Å². The molecule has 3 aliphatic rings. The molecule has 2 fully saturated rings. The zero-order valence-corrected chi connectivity index (χ0v) is 19.1. The van der Waals surface area contributed by atoms with Gasteiger partial charge in [0.15, 0.2) is 11.6 Å². The van der Waals surface area contributed by atoms with E-state index in [0.29, 0.717) is 16.1 Å². The number of amides is 2. The van der Waals surface area contributed by atoms with Crippen LogP contribution < -0.4 is 4.90 Å². The lowest BCUT2D eigenvalue weighted by molar-refractivity contribution is -0.123. The molecule has 0 bridgehead atoms. The van der Waals surface area contributed by atoms with Gasteiger partial charge in [-0.05, 0) is 59.8 Å². The summed E-state index contributed by atoms with van der Waals surface area (Å²) in [7, 11) is 0. The standard InChI is InChI=1S/C27H20N2O4S/c1-15(30)16-8-10-18(11-9-16)29-26(32)21-22(27(29)33)24(25(31)20-7-4-14-34-20)28-13-12-17-5-2-3-6-19(17)23(21)28/h2-14,21-24H,1H3/t21-,22+,23-,24-/m0/s1. The average molecular weight is 469 g/mol. The molecular weight excluding hydrogens is 448 g/mol. The molecule has 0 spiro atoms. The number of carbonyl (C=O) groups excluding carboxylic acids is 4. The lowest BCUT2D eigenvalue weighted by Crippen LogP contribution is -2.44. The summed E-state index contributed by atoms with van der Waals surface area (Å²) in [5, 5.41) is 1.84. The normalized spacial score (nSPS) is 24.7. The second-order valence-electron chi connectivity index (χ2n) is 8.79. The number of benzene rings is 2. The second-order valence-corrected chi connectivity index (χ2v) is 9.74. The van der Waals surface area contributed by atoms with Crippen molar-refractivity contribution < 1.29 is 19.2 Å². The van der Waals surface area contributed by atoms with Crippen molar-refractivity contribution in [1.82, 2.24) is 4.90 Å². The molecule has 2 aromatic carbocycles. The maximum Gasteiger partial charge on any atom is 0.240 e. The van der Waals surface area contributed by atoms with Crippen LogP contribution in [0.1, 0.15) is 44.1 Å². The van der Waals surface area contributed by atoms with Gasteiger partial charge in [0, 0.05) is 11.8 Å². The Hall–Kier alpha value is -3.84. The fraction of sp³-hybridized carbons (Fsp3) is 0.185. The van der Waals surface area contributed by atoms with Crippen molar-refractivity contribution in [3.05, 3.63) is 93.8 Å². The third-order valence-electron chi connectivity index (χ3n) is 7.03. The zero-order chi connectivity index (χ0) is 23.6. The summed E-state index contributed by atoms with van der Waals surface area (Å²) < 4.78 is 0. The van der Waals surface area contributed by atoms with E-state index in [4.69, 9.17) is 0 Å². The SMILES string of the molecule is CC(=O)c1ccc(N2C(=O)[C@@H]3[C@H](C2=O)[C@@H]2c4ccccc4C=CN2[C@@H]3C(=O)c2cccs2)cc1. The van der Waals surface area contributed by atoms with Crippen LogP contribution >= 0.6 is 11.3 Å². The van der Waals surface area contributed by atoms with Gasteiger partial charge in [0.2, 0.25) is 11.8 Å². The molecule has 6 nitrogen and oxygen atoms in total. The second kappa shape index (κ2) is 7.60. The molecule has 0 saturated carbocycles. The van der Waals surface area contributed by atoms with Gasteiger partial charge >= 0.3 is 0 Å². The highest BCUT2D eigenvalue weighted by molar-refractivity contribution is 7.12. The van der Waals surface area contributed by atoms with Crippen LogP contribution in [0.4, 0.5) is 5.69 Å². The molecule has 4 atom stereocenters. The Morgan fingerprint density at radius 2 is 1.62 bits per heavy atom. The average Bonchev–Trinajstić information content (AvgIpc) is 3.55. The molecule has 2 saturated heterocycles. The number of rotatable bonds is 4. The number of hydrogen-bond donors (Lipinski definition) is 0. The van der Waals surface area contributed by atoms with E-state index in [-0.39, 0.29) is 23.4 Å². The minimum atomic E-state index is -0.796. The van der Waals surface area contributed by atoms with Gasteiger partial charge in [0.25, 0.3) is 0 Å². The Kier molecular flexibility index (Phi) is 4.64. The number of nitrogens with zero attached hydrogens (tertiary/aromatic N) is 2. The summed E-state index contributed by atoms with van der Waals surface area (Å²) in [6, 6.07) is 16.7. The number of Topliss-reactive ketones (excluding diaryl/α,β-unsaturated/α-hetero) is 2. The van der Waals surface area contributed by atoms with Crippen LogP contribution in [0.3, 0.4) is 0 Å². The Bertz CT molecular complexity index is 1380. The van der Waals surface area contributed by atoms with Gasteiger partial charge in [-0.15, -0.1) is 11.3 Å². The predicted octanol–water partition coefficient (Wildman–Crippen LogP) is 4.35. The monoisotopic (exact) mass is 468 g/mol. The number of anilines is 1. The van der Waals surface area contributed by atoms with E-state index in [0.717, 1.165) is 11.1 Å². The van der Waals surface area contributed by atoms with Crippen LogP contribution in [0.25, 0.3) is 6.08 Å². The van der Waals surface area contributed by atoms with Gasteiger partial charge < -0.3 is 4.90 Å². The van der Waals surface area contributed by atoms with Gasteiger partial charge in [-0.2, -0.15) is 0 Å². The summed E-state index contributed by atoms with van der Waals surface area (Å²) >= 11 is 1.34. The van der Waals surface area contributed by atoms with Crippen molar-refractivity contribution in [2.24, 2.45) is 11.8 Å². The van der Waals surface area contributed by atoms with Gasteiger partial charge in [-0.1, -0.05) is 30.3 Å². The first-order valence-corrected chi connectivity index (χ1v) is 12.0. The Labute approximate surface area is 200 Å². The lowest BCUT2D eigenvalue weighted by Gasteiger charge is -2.35. The number of hydrogen-bond acceptors (Lipinski definition) is 6. The van der Waals surface area contributed by atoms with Gasteiger partial charge in [0.05, 0.1) is 28.4 Å². The van der Waals surface area contributed by atoms with Crippen LogP contribution in [-0.4, -0.2) is 34.3 Å². The number of fused-ring (bicyclic) bond motifs is 5. The molecule has 2 amide bonds. The molecule has 3 aromatic rings. The molecule has 4 heterocycles. The fourth-order valence-electron chi connectivity index (χ4n) is 5.52. The maximum absolute atomic E-state index is 13.8. The van der Waals surface area contributed by atoms with Gasteiger partial charge in [-0.3, -0.25) is 19.2 Å². The van der Waals surface area contributed by atoms with Crippen molar-refractivity contribution in [1.29, 1.82) is 0 Å². The van der Waals surface area contributed by atoms with E-state index in [9.17, 15) is 19.2 Å². The maximum atomic E-state index is 13.8. The first-order valence-electron chi connectivity index (χ1n) is 11.1. The molecule has 0 aliphatic carbocycles. The highest BCUT2D eigenvalue weighted by atomic mass is 32.1. The minimum absolute atomic E-state index is 0.0923. The number of thiophene rings is 1. The van der Waals surface area contributed by atoms with E-state index >= 15 is 0 Å². The largest absolute Gasteiger partial charge is 0.358 e. The van der Waals surface area contributed by atoms with E-state index in [1.807, 2.05) is 52.9 Å². The molecule has 7 heteroatoms. The van der Waals surface area contributed by atoms with E-state index < -0.39 is 23.9 Å². The number of imide groups is 1. The van der Waals surface area contributed by atoms with Gasteiger partial charge in [-0.25, -0.2) is 4.90 Å². The molecule has 168 valence electrons. The van der Waals surface area contributed by atoms with E-state index in [2.05, 4.69) is 0 Å². The van der Waals surface area contributed by atoms with Crippen LogP contribution in [-0.2, 0) is 9.59 Å². The molecule has 3 aliphatic heterocycles. The first kappa shape index (κ1) is 20.7. The topological polar surface area (TPSA) is 74.8 Å². The fourth-order valence-corrected chi connectivity index (χ4v) is 6.22. The number of carbonyl (C=O) groups is 4. The summed E-state index contributed by atoms with van der Waals surface area (Å²) in [4.78, 5) is 56.6. The molecule has 34 heavy (non-hydrogen) atoms. The van der Waals surface area contributed by atoms with Crippen molar-refractivity contribution in [3.8, 4) is 0 Å². The van der Waals surface area contributed by atoms with Crippen LogP contribution in [0.2, 0.25) is 0 Å². The third-order valence-corrected chi connectivity index (χ3v) is 7.91. The Balaban J connectivity index is 1.47. The molecule has 1 aromatic heterocycles. The van der Waals surface area contributed by atoms with E-state index in [1.54, 1.807) is 30.3 Å². The van der Waals surface area contributed by atoms with Crippen molar-refractivity contribution in [2.45, 2.75) is 19.0 Å². The quantitative estimate of drug-likeness (QED) is 0.420. The molecule has 6 rings (SSSR count). The summed E-state index contributed by atoms with van der Waals surface area (Å²) in [5.41, 5.74) is 2.85. The minimum Gasteiger partial charge on any atom is -0.358 e. The Morgan fingerprint density at radius 3 is 2.32 bits per heavy atom. The first-order chi connectivity index (χ1) is 16.5. The van der Waals surface area contributed by atoms with Crippen molar-refractivity contribution in [3.63, 3.8) is 0 Å². The summed E-state index contributed by atoms with van der Waals surface area (Å²) in [5.74, 6) is -2.40. The Morgan fingerprint density at radius 1 is 0.882 bits per heavy atom. The van der Waals surface area contributed by atoms with Crippen molar-refractivity contribution in [2.75, 3.05) is 4.90 Å². The predicted molar refractivity (Wildman–Crippen MR) is 128 cm³/mol. The van der Waals surface area contributed by atoms with Crippen LogP contribution in [0.15, 0.2) is 72.2 Å². The lowest BCUT2D eigenvalue weighted by atomic mass is 9.84. The molecule has 0 radical (unpaired) electrons. The highest BCUT2D eigenvalue weighted by Gasteiger charge is 2.64. The van der Waals surface area contributed by atoms with Crippen LogP contribution in [0, 0.1) is 11.8 Å². The molecule has 0 unspecified atom stereocenters. The summed E-state index contributed by atoms with van der Waals surface area (Å²) in [6.07, 6.45) is 3.79. The highest BCUT2D eigenvalue weighted by Crippen LogP contribution is 2.53. The smallest absolute Gasteiger partial charge is 0.240 e. The van der Waals surface area contributed by atoms with Crippen molar-refractivity contribution >= 4 is 46.5 Å². The van der Waals surface area contributed by atoms with Gasteiger partial charge in [0.1, 0.15) is 6.04 Å². The number of ketones is 2. The molecule has 0 N–H and O–H groups in total. The van der Waals surface area contributed by atoms with E-state index in [1.165, 1.54) is 23.2 Å².